The fourth-order valence-corrected chi connectivity index (χ4v) is 9.05. The molecule has 4 aliphatic rings. The van der Waals surface area contributed by atoms with Gasteiger partial charge in [-0.25, -0.2) is 0 Å². The van der Waals surface area contributed by atoms with E-state index in [2.05, 4.69) is 45.9 Å². The van der Waals surface area contributed by atoms with Crippen LogP contribution in [0.2, 0.25) is 0 Å². The molecule has 2 heteroatoms. The van der Waals surface area contributed by atoms with E-state index in [-0.39, 0.29) is 6.10 Å². The zero-order valence-electron chi connectivity index (χ0n) is 20.6. The van der Waals surface area contributed by atoms with Crippen LogP contribution in [0, 0.1) is 40.4 Å². The molecule has 3 saturated carbocycles. The maximum Gasteiger partial charge on any atom is 0.191 e. The van der Waals surface area contributed by atoms with Crippen molar-refractivity contribution in [2.45, 2.75) is 91.6 Å². The summed E-state index contributed by atoms with van der Waals surface area (Å²) in [6.07, 6.45) is 14.9. The van der Waals surface area contributed by atoms with E-state index in [9.17, 15) is 0 Å². The quantitative estimate of drug-likeness (QED) is 0.336. The minimum absolute atomic E-state index is 0.244. The van der Waals surface area contributed by atoms with Crippen molar-refractivity contribution in [3.63, 3.8) is 0 Å². The highest BCUT2D eigenvalue weighted by atomic mass is 32.1. The molecule has 0 heterocycles. The van der Waals surface area contributed by atoms with E-state index in [1.807, 2.05) is 18.2 Å². The van der Waals surface area contributed by atoms with E-state index >= 15 is 0 Å². The molecule has 0 N–H and O–H groups in total. The molecular weight excluding hydrogens is 408 g/mol. The van der Waals surface area contributed by atoms with Gasteiger partial charge >= 0.3 is 0 Å². The largest absolute Gasteiger partial charge is 0.479 e. The second-order valence-electron chi connectivity index (χ2n) is 12.0. The summed E-state index contributed by atoms with van der Waals surface area (Å²) in [7, 11) is 0. The number of thiocarbonyl (C=S) groups is 1. The fraction of sp³-hybridized carbons (Fsp3) is 0.700. The van der Waals surface area contributed by atoms with Crippen LogP contribution < -0.4 is 0 Å². The average Bonchev–Trinajstić information content (AvgIpc) is 3.16. The number of allylic oxidation sites excluding steroid dienone is 1. The highest BCUT2D eigenvalue weighted by molar-refractivity contribution is 7.80. The summed E-state index contributed by atoms with van der Waals surface area (Å²) in [6.45, 7) is 10.2. The average molecular weight is 451 g/mol. The van der Waals surface area contributed by atoms with Gasteiger partial charge in [-0.05, 0) is 97.6 Å². The minimum atomic E-state index is 0.244. The molecule has 0 aliphatic heterocycles. The Labute approximate surface area is 201 Å². The van der Waals surface area contributed by atoms with Crippen LogP contribution in [0.5, 0.6) is 0 Å². The lowest BCUT2D eigenvalue weighted by Gasteiger charge is -2.58. The molecule has 32 heavy (non-hydrogen) atoms. The van der Waals surface area contributed by atoms with E-state index < -0.39 is 0 Å². The Bertz CT molecular complexity index is 874. The molecule has 0 aromatic heterocycles. The number of ether oxygens (including phenoxy) is 1. The Morgan fingerprint density at radius 3 is 2.59 bits per heavy atom. The number of hydrogen-bond donors (Lipinski definition) is 0. The second-order valence-corrected chi connectivity index (χ2v) is 12.4. The lowest BCUT2D eigenvalue weighted by molar-refractivity contribution is -0.0559. The lowest BCUT2D eigenvalue weighted by Crippen LogP contribution is -2.51. The summed E-state index contributed by atoms with van der Waals surface area (Å²) in [5, 5.41) is 0.670. The highest BCUT2D eigenvalue weighted by Crippen LogP contribution is 2.67. The maximum absolute atomic E-state index is 6.34. The van der Waals surface area contributed by atoms with Crippen molar-refractivity contribution >= 4 is 17.3 Å². The van der Waals surface area contributed by atoms with Gasteiger partial charge in [0.05, 0.1) is 0 Å². The molecule has 174 valence electrons. The Morgan fingerprint density at radius 1 is 1.06 bits per heavy atom. The van der Waals surface area contributed by atoms with Crippen LogP contribution in [-0.2, 0) is 4.74 Å². The van der Waals surface area contributed by atoms with E-state index in [4.69, 9.17) is 17.0 Å². The molecule has 0 amide bonds. The van der Waals surface area contributed by atoms with Crippen LogP contribution in [0.25, 0.3) is 0 Å². The Hall–Kier alpha value is -1.15. The van der Waals surface area contributed by atoms with Gasteiger partial charge < -0.3 is 4.74 Å². The van der Waals surface area contributed by atoms with Crippen molar-refractivity contribution in [1.29, 1.82) is 0 Å². The third-order valence-electron chi connectivity index (χ3n) is 10.7. The zero-order chi connectivity index (χ0) is 22.5. The van der Waals surface area contributed by atoms with Gasteiger partial charge in [-0.3, -0.25) is 0 Å². The monoisotopic (exact) mass is 450 g/mol. The Balaban J connectivity index is 1.31. The predicted octanol–water partition coefficient (Wildman–Crippen LogP) is 8.37. The molecule has 1 aromatic carbocycles. The van der Waals surface area contributed by atoms with Crippen LogP contribution in [-0.4, -0.2) is 11.2 Å². The summed E-state index contributed by atoms with van der Waals surface area (Å²) in [5.74, 6) is 4.54. The first kappa shape index (κ1) is 22.6. The van der Waals surface area contributed by atoms with Gasteiger partial charge in [0.2, 0.25) is 0 Å². The third-order valence-corrected chi connectivity index (χ3v) is 11.1. The topological polar surface area (TPSA) is 9.23 Å². The molecule has 5 rings (SSSR count). The summed E-state index contributed by atoms with van der Waals surface area (Å²) in [4.78, 5) is 0. The van der Waals surface area contributed by atoms with E-state index in [1.165, 1.54) is 44.9 Å². The van der Waals surface area contributed by atoms with Crippen molar-refractivity contribution in [3.05, 3.63) is 47.5 Å². The van der Waals surface area contributed by atoms with Gasteiger partial charge in [-0.15, -0.1) is 0 Å². The second kappa shape index (κ2) is 8.57. The van der Waals surface area contributed by atoms with E-state index in [0.717, 1.165) is 48.0 Å². The lowest BCUT2D eigenvalue weighted by atomic mass is 9.47. The van der Waals surface area contributed by atoms with Gasteiger partial charge in [0.25, 0.3) is 0 Å². The summed E-state index contributed by atoms with van der Waals surface area (Å²) in [6, 6.07) is 10.2. The van der Waals surface area contributed by atoms with Crippen molar-refractivity contribution in [1.82, 2.24) is 0 Å². The first-order chi connectivity index (χ1) is 15.4. The number of hydrogen-bond acceptors (Lipinski definition) is 2. The van der Waals surface area contributed by atoms with Crippen LogP contribution in [0.15, 0.2) is 42.0 Å². The summed E-state index contributed by atoms with van der Waals surface area (Å²) in [5.41, 5.74) is 3.69. The normalized spacial score (nSPS) is 41.6. The first-order valence-electron chi connectivity index (χ1n) is 13.3. The maximum atomic E-state index is 6.34. The van der Waals surface area contributed by atoms with Gasteiger partial charge in [-0.2, -0.15) is 0 Å². The minimum Gasteiger partial charge on any atom is -0.479 e. The molecule has 1 aromatic rings. The molecule has 0 saturated heterocycles. The molecule has 4 aliphatic carbocycles. The van der Waals surface area contributed by atoms with Crippen molar-refractivity contribution in [2.24, 2.45) is 40.4 Å². The summed E-state index contributed by atoms with van der Waals surface area (Å²) >= 11 is 5.63. The number of rotatable bonds is 4. The molecular formula is C30H42OS. The highest BCUT2D eigenvalue weighted by Gasteiger charge is 2.59. The smallest absolute Gasteiger partial charge is 0.191 e. The Morgan fingerprint density at radius 2 is 1.84 bits per heavy atom. The SMILES string of the molecule is CC[C@H](C)[C@H]1CC[C@H]2[C@@H]3CC=C4C[C@@H](OC(=S)c5ccccc5)CC[C@]4(C)[C@H]3CC[C@]12C. The van der Waals surface area contributed by atoms with Gasteiger partial charge in [-0.1, -0.05) is 76.1 Å². The molecule has 0 unspecified atom stereocenters. The van der Waals surface area contributed by atoms with E-state index in [0.29, 0.717) is 15.9 Å². The van der Waals surface area contributed by atoms with Crippen LogP contribution in [0.3, 0.4) is 0 Å². The number of benzene rings is 1. The number of fused-ring (bicyclic) bond motifs is 5. The third kappa shape index (κ3) is 3.60. The van der Waals surface area contributed by atoms with Gasteiger partial charge in [0.15, 0.2) is 5.05 Å². The first-order valence-corrected chi connectivity index (χ1v) is 13.7. The van der Waals surface area contributed by atoms with Crippen molar-refractivity contribution < 1.29 is 4.74 Å². The molecule has 3 fully saturated rings. The molecule has 1 nitrogen and oxygen atoms in total. The molecule has 0 spiro atoms. The van der Waals surface area contributed by atoms with Crippen LogP contribution >= 0.6 is 12.2 Å². The Kier molecular flexibility index (Phi) is 6.06. The fourth-order valence-electron chi connectivity index (χ4n) is 8.78. The van der Waals surface area contributed by atoms with Crippen LogP contribution in [0.4, 0.5) is 0 Å². The summed E-state index contributed by atoms with van der Waals surface area (Å²) < 4.78 is 6.34. The zero-order valence-corrected chi connectivity index (χ0v) is 21.4. The van der Waals surface area contributed by atoms with Gasteiger partial charge in [0.1, 0.15) is 6.10 Å². The van der Waals surface area contributed by atoms with Crippen molar-refractivity contribution in [2.75, 3.05) is 0 Å². The van der Waals surface area contributed by atoms with Crippen molar-refractivity contribution in [3.8, 4) is 0 Å². The van der Waals surface area contributed by atoms with E-state index in [1.54, 1.807) is 5.57 Å². The predicted molar refractivity (Wildman–Crippen MR) is 138 cm³/mol. The molecule has 8 atom stereocenters. The standard InChI is InChI=1S/C30H42OS/c1-5-20(2)25-13-14-26-24-12-11-22-19-23(31-28(32)21-9-7-6-8-10-21)15-17-29(22,3)27(24)16-18-30(25,26)4/h6-11,20,23-27H,5,12-19H2,1-4H3/t20-,23-,24-,25+,26-,27-,29-,30+/m0/s1. The van der Waals surface area contributed by atoms with Crippen LogP contribution in [0.1, 0.15) is 91.0 Å². The van der Waals surface area contributed by atoms with Gasteiger partial charge in [0, 0.05) is 12.0 Å². The molecule has 0 radical (unpaired) electrons. The molecule has 0 bridgehead atoms.